The molecule has 0 aromatic carbocycles. The van der Waals surface area contributed by atoms with Gasteiger partial charge in [-0.05, 0) is 0 Å². The molecule has 1 aromatic heterocycles. The Labute approximate surface area is 219 Å². The summed E-state index contributed by atoms with van der Waals surface area (Å²) in [5.74, 6) is -2.68. The van der Waals surface area contributed by atoms with Crippen molar-refractivity contribution in [1.82, 2.24) is 19.6 Å². The second-order valence-electron chi connectivity index (χ2n) is 9.74. The number of oxime groups is 1. The number of thioether (sulfide) groups is 1. The Morgan fingerprint density at radius 2 is 1.97 bits per heavy atom. The number of nitrogen functional groups attached to an aromatic ring is 1. The summed E-state index contributed by atoms with van der Waals surface area (Å²) < 4.78 is 4.61. The monoisotopic (exact) mass is 550 g/mol. The predicted molar refractivity (Wildman–Crippen MR) is 130 cm³/mol. The lowest BCUT2D eigenvalue weighted by molar-refractivity contribution is -0.940. The number of hydrogen-bond donors (Lipinski definition) is 3. The zero-order valence-corrected chi connectivity index (χ0v) is 21.6. The second-order valence-corrected chi connectivity index (χ2v) is 11.6. The van der Waals surface area contributed by atoms with E-state index in [-0.39, 0.29) is 28.3 Å². The molecular formula is C21H26N8O6S2. The third kappa shape index (κ3) is 4.21. The Morgan fingerprint density at radius 1 is 1.30 bits per heavy atom. The third-order valence-corrected chi connectivity index (χ3v) is 9.70. The minimum atomic E-state index is -1.43. The van der Waals surface area contributed by atoms with Crippen LogP contribution in [0.2, 0.25) is 0 Å². The predicted octanol–water partition coefficient (Wildman–Crippen LogP) is -2.64. The highest BCUT2D eigenvalue weighted by Crippen LogP contribution is 2.46. The van der Waals surface area contributed by atoms with Crippen LogP contribution in [0.15, 0.2) is 16.4 Å². The molecule has 37 heavy (non-hydrogen) atoms. The van der Waals surface area contributed by atoms with Gasteiger partial charge in [0.15, 0.2) is 5.13 Å². The molecule has 0 spiro atoms. The number of nitrogens with one attached hydrogen (secondary N) is 1. The summed E-state index contributed by atoms with van der Waals surface area (Å²) >= 11 is 2.25. The minimum Gasteiger partial charge on any atom is -0.543 e. The van der Waals surface area contributed by atoms with Gasteiger partial charge in [0, 0.05) is 42.1 Å². The van der Waals surface area contributed by atoms with Gasteiger partial charge in [0.25, 0.3) is 11.8 Å². The number of aromatic nitrogens is 2. The number of nitrogens with two attached hydrogens (primary N) is 2. The fraction of sp³-hybridized carbons (Fsp3) is 0.571. The number of aliphatic carboxylic acids is 1. The minimum absolute atomic E-state index is 0.0447. The molecule has 2 atom stereocenters. The first-order chi connectivity index (χ1) is 17.6. The maximum atomic E-state index is 13.1. The second kappa shape index (κ2) is 9.25. The van der Waals surface area contributed by atoms with Crippen LogP contribution in [-0.2, 0) is 24.0 Å². The highest BCUT2D eigenvalue weighted by Gasteiger charge is 2.56. The Morgan fingerprint density at radius 3 is 2.51 bits per heavy atom. The Kier molecular flexibility index (Phi) is 6.35. The van der Waals surface area contributed by atoms with E-state index >= 15 is 0 Å². The van der Waals surface area contributed by atoms with Gasteiger partial charge in [0.05, 0.1) is 36.7 Å². The topological polar surface area (TPSA) is 206 Å². The summed E-state index contributed by atoms with van der Waals surface area (Å²) in [4.78, 5) is 60.0. The number of carbonyl (C=O) groups is 4. The molecule has 4 saturated heterocycles. The van der Waals surface area contributed by atoms with E-state index in [2.05, 4.69) is 19.8 Å². The molecule has 2 bridgehead atoms. The number of nitrogens with zero attached hydrogens (tertiary/aromatic N) is 5. The van der Waals surface area contributed by atoms with Crippen molar-refractivity contribution in [3.8, 4) is 0 Å². The molecule has 6 rings (SSSR count). The number of carboxylic acids is 1. The van der Waals surface area contributed by atoms with Gasteiger partial charge in [-0.15, -0.1) is 11.8 Å². The van der Waals surface area contributed by atoms with Crippen molar-refractivity contribution in [1.29, 1.82) is 0 Å². The summed E-state index contributed by atoms with van der Waals surface area (Å²) in [5.41, 5.74) is 11.0. The van der Waals surface area contributed by atoms with Gasteiger partial charge in [-0.2, -0.15) is 9.36 Å². The lowest BCUT2D eigenvalue weighted by atomic mass is 9.70. The lowest BCUT2D eigenvalue weighted by Gasteiger charge is -2.55. The van der Waals surface area contributed by atoms with Crippen LogP contribution in [0.3, 0.4) is 0 Å². The largest absolute Gasteiger partial charge is 0.543 e. The number of rotatable bonds is 8. The van der Waals surface area contributed by atoms with Gasteiger partial charge in [0.1, 0.15) is 25.1 Å². The molecule has 5 aliphatic rings. The molecule has 16 heteroatoms. The van der Waals surface area contributed by atoms with E-state index in [1.165, 1.54) is 23.8 Å². The lowest BCUT2D eigenvalue weighted by Crippen LogP contribution is -2.72. The number of primary amides is 1. The van der Waals surface area contributed by atoms with Gasteiger partial charge in [-0.1, -0.05) is 5.16 Å². The number of hydrogen-bond acceptors (Lipinski definition) is 12. The Bertz CT molecular complexity index is 1220. The molecule has 0 aliphatic carbocycles. The van der Waals surface area contributed by atoms with E-state index < -0.39 is 34.6 Å². The van der Waals surface area contributed by atoms with Crippen LogP contribution in [0.1, 0.15) is 25.1 Å². The molecular weight excluding hydrogens is 524 g/mol. The van der Waals surface area contributed by atoms with Crippen molar-refractivity contribution in [3.63, 3.8) is 0 Å². The molecule has 5 aliphatic heterocycles. The number of amides is 3. The van der Waals surface area contributed by atoms with Gasteiger partial charge in [-0.25, -0.2) is 0 Å². The first kappa shape index (κ1) is 25.4. The molecule has 198 valence electrons. The summed E-state index contributed by atoms with van der Waals surface area (Å²) in [5, 5.41) is 18.0. The summed E-state index contributed by atoms with van der Waals surface area (Å²) in [7, 11) is 1.25. The van der Waals surface area contributed by atoms with Crippen LogP contribution in [0, 0.1) is 5.41 Å². The number of piperidine rings is 3. The fourth-order valence-electron chi connectivity index (χ4n) is 5.68. The summed E-state index contributed by atoms with van der Waals surface area (Å²) in [6.45, 7) is 2.64. The van der Waals surface area contributed by atoms with Gasteiger partial charge in [0.2, 0.25) is 17.4 Å². The molecule has 0 radical (unpaired) electrons. The first-order valence-electron chi connectivity index (χ1n) is 11.6. The SMILES string of the molecule is CO/N=C(\C(=O)N[C@@H]1C(=O)N2C(C(=O)[O-])=C(C[N+]34CCC(C(N)=O)(CC3)CC4)CS[C@@H]12)c1nsc(N)n1. The zero-order valence-electron chi connectivity index (χ0n) is 20.0. The number of carbonyl (C=O) groups excluding carboxylic acids is 4. The van der Waals surface area contributed by atoms with E-state index in [1.54, 1.807) is 0 Å². The molecule has 0 saturated carbocycles. The maximum Gasteiger partial charge on any atom is 0.278 e. The Balaban J connectivity index is 1.32. The van der Waals surface area contributed by atoms with Crippen molar-refractivity contribution >= 4 is 57.8 Å². The fourth-order valence-corrected chi connectivity index (χ4v) is 7.45. The molecule has 0 unspecified atom stereocenters. The highest BCUT2D eigenvalue weighted by atomic mass is 32.2. The summed E-state index contributed by atoms with van der Waals surface area (Å²) in [6, 6.07) is -0.973. The zero-order chi connectivity index (χ0) is 26.5. The standard InChI is InChI=1S/C21H26N8O6S2/c1-35-26-11(14-25-20(23)37-27-14)15(30)24-12-16(31)28-13(18(32)33)10(9-36-17(12)28)8-29-5-2-21(3-6-29,4-7-29)19(22)34/h12,17H,2-9H2,1H3,(H5-,22,23,24,25,27,30,32,33,34)/b26-11-/t12-,17+,21?,29?/m1/s1. The van der Waals surface area contributed by atoms with Crippen molar-refractivity contribution in [2.75, 3.05) is 44.8 Å². The van der Waals surface area contributed by atoms with E-state index in [0.29, 0.717) is 41.6 Å². The van der Waals surface area contributed by atoms with Crippen LogP contribution in [-0.4, -0.2) is 98.6 Å². The van der Waals surface area contributed by atoms with Crippen molar-refractivity contribution in [2.45, 2.75) is 30.7 Å². The van der Waals surface area contributed by atoms with Crippen molar-refractivity contribution in [2.24, 2.45) is 16.3 Å². The average molecular weight is 551 g/mol. The van der Waals surface area contributed by atoms with Crippen LogP contribution in [0.5, 0.6) is 0 Å². The van der Waals surface area contributed by atoms with E-state index in [0.717, 1.165) is 31.2 Å². The molecule has 3 amide bonds. The van der Waals surface area contributed by atoms with Crippen LogP contribution >= 0.6 is 23.3 Å². The number of carboxylic acid groups (broad SMARTS) is 1. The maximum absolute atomic E-state index is 13.1. The number of quaternary nitrogens is 1. The molecule has 6 heterocycles. The number of anilines is 1. The van der Waals surface area contributed by atoms with Gasteiger partial charge >= 0.3 is 0 Å². The smallest absolute Gasteiger partial charge is 0.278 e. The van der Waals surface area contributed by atoms with Crippen LogP contribution in [0.4, 0.5) is 5.13 Å². The number of β-lactam (4-membered cyclic amide) rings is 1. The molecule has 1 aromatic rings. The number of fused-ring (bicyclic) bond motifs is 4. The van der Waals surface area contributed by atoms with E-state index in [9.17, 15) is 24.3 Å². The van der Waals surface area contributed by atoms with Gasteiger partial charge in [-0.3, -0.25) is 19.3 Å². The molecule has 14 nitrogen and oxygen atoms in total. The first-order valence-corrected chi connectivity index (χ1v) is 13.5. The van der Waals surface area contributed by atoms with Crippen molar-refractivity contribution < 1.29 is 33.6 Å². The van der Waals surface area contributed by atoms with Crippen molar-refractivity contribution in [3.05, 3.63) is 17.1 Å². The van der Waals surface area contributed by atoms with Gasteiger partial charge < -0.3 is 36.0 Å². The Hall–Kier alpha value is -3.24. The summed E-state index contributed by atoms with van der Waals surface area (Å²) in [6.07, 6.45) is 2.02. The molecule has 4 fully saturated rings. The quantitative estimate of drug-likeness (QED) is 0.133. The highest BCUT2D eigenvalue weighted by molar-refractivity contribution is 8.00. The normalized spacial score (nSPS) is 31.0. The third-order valence-electron chi connectivity index (χ3n) is 7.82. The average Bonchev–Trinajstić information content (AvgIpc) is 3.31. The van der Waals surface area contributed by atoms with Crippen LogP contribution in [0.25, 0.3) is 0 Å². The molecule has 5 N–H and O–H groups in total. The van der Waals surface area contributed by atoms with Crippen LogP contribution < -0.4 is 21.9 Å². The van der Waals surface area contributed by atoms with E-state index in [1.807, 2.05) is 0 Å². The van der Waals surface area contributed by atoms with E-state index in [4.69, 9.17) is 16.3 Å².